The third-order valence-corrected chi connectivity index (χ3v) is 6.06. The second-order valence-electron chi connectivity index (χ2n) is 6.60. The SMILES string of the molecule is COc1cc(C)c(S(=O)(=O)N[C@H](C)c2ccccc2OC)cc1C(C)C. The minimum absolute atomic E-state index is 0.145. The number of hydrogen-bond acceptors (Lipinski definition) is 4. The number of methoxy groups -OCH3 is 2. The number of ether oxygens (including phenoxy) is 2. The molecular formula is C20H27NO4S. The average molecular weight is 378 g/mol. The van der Waals surface area contributed by atoms with Crippen molar-refractivity contribution in [2.75, 3.05) is 14.2 Å². The molecule has 0 amide bonds. The molecule has 0 radical (unpaired) electrons. The lowest BCUT2D eigenvalue weighted by molar-refractivity contribution is 0.405. The minimum Gasteiger partial charge on any atom is -0.496 e. The first-order valence-electron chi connectivity index (χ1n) is 8.55. The van der Waals surface area contributed by atoms with E-state index < -0.39 is 16.1 Å². The third-order valence-electron chi connectivity index (χ3n) is 4.38. The predicted molar refractivity (Wildman–Crippen MR) is 104 cm³/mol. The van der Waals surface area contributed by atoms with E-state index in [9.17, 15) is 8.42 Å². The molecule has 0 aliphatic rings. The van der Waals surface area contributed by atoms with Crippen LogP contribution in [0.3, 0.4) is 0 Å². The molecule has 0 bridgehead atoms. The van der Waals surface area contributed by atoms with Crippen LogP contribution in [0.4, 0.5) is 0 Å². The van der Waals surface area contributed by atoms with Gasteiger partial charge in [-0.25, -0.2) is 13.1 Å². The number of sulfonamides is 1. The van der Waals surface area contributed by atoms with Gasteiger partial charge in [-0.2, -0.15) is 0 Å². The molecule has 142 valence electrons. The summed E-state index contributed by atoms with van der Waals surface area (Å²) in [4.78, 5) is 0.267. The van der Waals surface area contributed by atoms with Gasteiger partial charge in [0.05, 0.1) is 19.1 Å². The maximum Gasteiger partial charge on any atom is 0.241 e. The summed E-state index contributed by atoms with van der Waals surface area (Å²) < 4.78 is 39.5. The fraction of sp³-hybridized carbons (Fsp3) is 0.400. The van der Waals surface area contributed by atoms with Gasteiger partial charge in [-0.05, 0) is 49.1 Å². The number of nitrogens with one attached hydrogen (secondary N) is 1. The molecule has 0 aromatic heterocycles. The van der Waals surface area contributed by atoms with Gasteiger partial charge in [0.1, 0.15) is 11.5 Å². The smallest absolute Gasteiger partial charge is 0.241 e. The van der Waals surface area contributed by atoms with E-state index >= 15 is 0 Å². The molecular weight excluding hydrogens is 350 g/mol. The standard InChI is InChI=1S/C20H27NO4S/c1-13(2)17-12-20(14(3)11-19(17)25-6)26(22,23)21-15(4)16-9-7-8-10-18(16)24-5/h7-13,15,21H,1-6H3/t15-/m1/s1. The molecule has 0 heterocycles. The zero-order valence-corrected chi connectivity index (χ0v) is 17.0. The molecule has 1 N–H and O–H groups in total. The maximum atomic E-state index is 13.0. The summed E-state index contributed by atoms with van der Waals surface area (Å²) in [6, 6.07) is 10.4. The van der Waals surface area contributed by atoms with Crippen LogP contribution >= 0.6 is 0 Å². The van der Waals surface area contributed by atoms with Gasteiger partial charge < -0.3 is 9.47 Å². The van der Waals surface area contributed by atoms with E-state index in [0.29, 0.717) is 17.1 Å². The fourth-order valence-electron chi connectivity index (χ4n) is 2.98. The number of benzene rings is 2. The Bertz CT molecular complexity index is 875. The lowest BCUT2D eigenvalue weighted by Gasteiger charge is -2.20. The van der Waals surface area contributed by atoms with Crippen molar-refractivity contribution < 1.29 is 17.9 Å². The van der Waals surface area contributed by atoms with Crippen molar-refractivity contribution >= 4 is 10.0 Å². The number of para-hydroxylation sites is 1. The molecule has 26 heavy (non-hydrogen) atoms. The normalized spacial score (nSPS) is 12.9. The van der Waals surface area contributed by atoms with E-state index in [4.69, 9.17) is 9.47 Å². The second-order valence-corrected chi connectivity index (χ2v) is 8.28. The summed E-state index contributed by atoms with van der Waals surface area (Å²) in [7, 11) is -0.539. The first-order chi connectivity index (χ1) is 12.2. The van der Waals surface area contributed by atoms with Crippen LogP contribution in [-0.2, 0) is 10.0 Å². The van der Waals surface area contributed by atoms with E-state index in [0.717, 1.165) is 11.1 Å². The van der Waals surface area contributed by atoms with Crippen molar-refractivity contribution in [2.24, 2.45) is 0 Å². The van der Waals surface area contributed by atoms with Crippen LogP contribution in [0.2, 0.25) is 0 Å². The molecule has 0 fully saturated rings. The second kappa shape index (κ2) is 8.10. The summed E-state index contributed by atoms with van der Waals surface area (Å²) in [5.74, 6) is 1.50. The highest BCUT2D eigenvalue weighted by Gasteiger charge is 2.24. The Morgan fingerprint density at radius 1 is 0.923 bits per heavy atom. The highest BCUT2D eigenvalue weighted by molar-refractivity contribution is 7.89. The van der Waals surface area contributed by atoms with Crippen molar-refractivity contribution in [1.29, 1.82) is 0 Å². The molecule has 0 aliphatic carbocycles. The summed E-state index contributed by atoms with van der Waals surface area (Å²) in [6.45, 7) is 7.59. The van der Waals surface area contributed by atoms with Crippen molar-refractivity contribution in [3.05, 3.63) is 53.1 Å². The van der Waals surface area contributed by atoms with E-state index in [-0.39, 0.29) is 10.8 Å². The summed E-state index contributed by atoms with van der Waals surface area (Å²) in [5.41, 5.74) is 2.29. The zero-order valence-electron chi connectivity index (χ0n) is 16.2. The summed E-state index contributed by atoms with van der Waals surface area (Å²) in [6.07, 6.45) is 0. The first kappa shape index (κ1) is 20.3. The molecule has 0 saturated heterocycles. The number of hydrogen-bond donors (Lipinski definition) is 1. The Kier molecular flexibility index (Phi) is 6.31. The zero-order chi connectivity index (χ0) is 19.5. The lowest BCUT2D eigenvalue weighted by atomic mass is 10.0. The van der Waals surface area contributed by atoms with Crippen LogP contribution in [0.25, 0.3) is 0 Å². The molecule has 0 spiro atoms. The Balaban J connectivity index is 2.43. The molecule has 6 heteroatoms. The van der Waals surface area contributed by atoms with Crippen LogP contribution in [-0.4, -0.2) is 22.6 Å². The van der Waals surface area contributed by atoms with Gasteiger partial charge in [0, 0.05) is 11.6 Å². The topological polar surface area (TPSA) is 64.6 Å². The van der Waals surface area contributed by atoms with Gasteiger partial charge in [-0.15, -0.1) is 0 Å². The van der Waals surface area contributed by atoms with Gasteiger partial charge in [0.15, 0.2) is 0 Å². The van der Waals surface area contributed by atoms with Crippen LogP contribution in [0, 0.1) is 6.92 Å². The average Bonchev–Trinajstić information content (AvgIpc) is 2.60. The Morgan fingerprint density at radius 3 is 2.12 bits per heavy atom. The van der Waals surface area contributed by atoms with E-state index in [1.807, 2.05) is 38.1 Å². The third kappa shape index (κ3) is 4.19. The largest absolute Gasteiger partial charge is 0.496 e. The van der Waals surface area contributed by atoms with Gasteiger partial charge >= 0.3 is 0 Å². The maximum absolute atomic E-state index is 13.0. The van der Waals surface area contributed by atoms with Gasteiger partial charge in [0.25, 0.3) is 0 Å². The van der Waals surface area contributed by atoms with Gasteiger partial charge in [-0.1, -0.05) is 32.0 Å². The molecule has 1 atom stereocenters. The first-order valence-corrected chi connectivity index (χ1v) is 10.0. The van der Waals surface area contributed by atoms with Crippen LogP contribution in [0.5, 0.6) is 11.5 Å². The monoisotopic (exact) mass is 377 g/mol. The fourth-order valence-corrected chi connectivity index (χ4v) is 4.46. The molecule has 0 aliphatic heterocycles. The molecule has 0 saturated carbocycles. The van der Waals surface area contributed by atoms with Gasteiger partial charge in [0.2, 0.25) is 10.0 Å². The molecule has 5 nitrogen and oxygen atoms in total. The molecule has 0 unspecified atom stereocenters. The highest BCUT2D eigenvalue weighted by atomic mass is 32.2. The summed E-state index contributed by atoms with van der Waals surface area (Å²) in [5, 5.41) is 0. The van der Waals surface area contributed by atoms with Crippen molar-refractivity contribution in [3.63, 3.8) is 0 Å². The quantitative estimate of drug-likeness (QED) is 0.786. The van der Waals surface area contributed by atoms with Crippen molar-refractivity contribution in [1.82, 2.24) is 4.72 Å². The van der Waals surface area contributed by atoms with E-state index in [2.05, 4.69) is 4.72 Å². The van der Waals surface area contributed by atoms with E-state index in [1.165, 1.54) is 0 Å². The van der Waals surface area contributed by atoms with Crippen molar-refractivity contribution in [2.45, 2.75) is 44.6 Å². The van der Waals surface area contributed by atoms with Crippen LogP contribution < -0.4 is 14.2 Å². The Labute approximate surface area is 156 Å². The summed E-state index contributed by atoms with van der Waals surface area (Å²) >= 11 is 0. The number of rotatable bonds is 7. The van der Waals surface area contributed by atoms with Crippen molar-refractivity contribution in [3.8, 4) is 11.5 Å². The van der Waals surface area contributed by atoms with Gasteiger partial charge in [-0.3, -0.25) is 0 Å². The van der Waals surface area contributed by atoms with Crippen LogP contribution in [0.15, 0.2) is 41.3 Å². The molecule has 2 aromatic carbocycles. The number of aryl methyl sites for hydroxylation is 1. The Morgan fingerprint density at radius 2 is 1.54 bits per heavy atom. The molecule has 2 aromatic rings. The van der Waals surface area contributed by atoms with E-state index in [1.54, 1.807) is 40.2 Å². The lowest BCUT2D eigenvalue weighted by Crippen LogP contribution is -2.28. The highest BCUT2D eigenvalue weighted by Crippen LogP contribution is 2.32. The predicted octanol–water partition coefficient (Wildman–Crippen LogP) is 4.18. The molecule has 2 rings (SSSR count). The minimum atomic E-state index is -3.71. The van der Waals surface area contributed by atoms with Crippen LogP contribution in [0.1, 0.15) is 49.4 Å². The Hall–Kier alpha value is -2.05.